The molecule has 1 saturated carbocycles. The van der Waals surface area contributed by atoms with E-state index in [4.69, 9.17) is 5.73 Å². The van der Waals surface area contributed by atoms with Gasteiger partial charge in [-0.2, -0.15) is 9.61 Å². The molecule has 0 bridgehead atoms. The SMILES string of the molecule is NC1(c2nnc3cccnn23)CCCCCC1. The Labute approximate surface area is 100 Å². The lowest BCUT2D eigenvalue weighted by atomic mass is 9.91. The third-order valence-corrected chi connectivity index (χ3v) is 3.62. The first-order valence-corrected chi connectivity index (χ1v) is 6.25. The summed E-state index contributed by atoms with van der Waals surface area (Å²) in [5.74, 6) is 0.815. The number of rotatable bonds is 1. The van der Waals surface area contributed by atoms with Gasteiger partial charge >= 0.3 is 0 Å². The van der Waals surface area contributed by atoms with Crippen LogP contribution in [0.4, 0.5) is 0 Å². The maximum Gasteiger partial charge on any atom is 0.177 e. The molecule has 0 spiro atoms. The predicted octanol–water partition coefficient (Wildman–Crippen LogP) is 1.63. The molecule has 1 aliphatic rings. The Hall–Kier alpha value is -1.49. The van der Waals surface area contributed by atoms with E-state index < -0.39 is 0 Å². The summed E-state index contributed by atoms with van der Waals surface area (Å²) in [6, 6.07) is 3.77. The smallest absolute Gasteiger partial charge is 0.177 e. The standard InChI is InChI=1S/C12H17N5/c13-12(7-3-1-2-4-8-12)11-16-15-10-6-5-9-14-17(10)11/h5-6,9H,1-4,7-8,13H2. The third kappa shape index (κ3) is 1.80. The maximum absolute atomic E-state index is 6.53. The van der Waals surface area contributed by atoms with Crippen LogP contribution in [0.3, 0.4) is 0 Å². The zero-order valence-corrected chi connectivity index (χ0v) is 9.84. The van der Waals surface area contributed by atoms with Crippen LogP contribution in [0.5, 0.6) is 0 Å². The normalized spacial score (nSPS) is 20.3. The van der Waals surface area contributed by atoms with Gasteiger partial charge in [0.05, 0.1) is 5.54 Å². The summed E-state index contributed by atoms with van der Waals surface area (Å²) < 4.78 is 1.78. The molecule has 3 rings (SSSR count). The Balaban J connectivity index is 2.07. The molecule has 0 amide bonds. The number of aromatic nitrogens is 4. The number of nitrogens with two attached hydrogens (primary N) is 1. The molecule has 2 aromatic heterocycles. The maximum atomic E-state index is 6.53. The molecule has 5 heteroatoms. The van der Waals surface area contributed by atoms with Gasteiger partial charge in [-0.1, -0.05) is 25.7 Å². The van der Waals surface area contributed by atoms with Crippen molar-refractivity contribution in [2.75, 3.05) is 0 Å². The summed E-state index contributed by atoms with van der Waals surface area (Å²) in [7, 11) is 0. The second kappa shape index (κ2) is 4.07. The van der Waals surface area contributed by atoms with Crippen molar-refractivity contribution < 1.29 is 0 Å². The van der Waals surface area contributed by atoms with E-state index in [9.17, 15) is 0 Å². The number of hydrogen-bond donors (Lipinski definition) is 1. The van der Waals surface area contributed by atoms with Gasteiger partial charge in [-0.15, -0.1) is 10.2 Å². The van der Waals surface area contributed by atoms with Crippen LogP contribution in [0.25, 0.3) is 5.65 Å². The molecule has 2 aromatic rings. The van der Waals surface area contributed by atoms with Gasteiger partial charge in [0, 0.05) is 6.20 Å². The van der Waals surface area contributed by atoms with Crippen molar-refractivity contribution in [3.05, 3.63) is 24.2 Å². The van der Waals surface area contributed by atoms with Crippen LogP contribution in [-0.4, -0.2) is 19.8 Å². The summed E-state index contributed by atoms with van der Waals surface area (Å²) in [6.45, 7) is 0. The molecule has 90 valence electrons. The molecule has 0 aromatic carbocycles. The fraction of sp³-hybridized carbons (Fsp3) is 0.583. The van der Waals surface area contributed by atoms with Crippen LogP contribution in [0.1, 0.15) is 44.3 Å². The molecule has 0 atom stereocenters. The zero-order chi connectivity index (χ0) is 11.7. The Morgan fingerprint density at radius 3 is 2.65 bits per heavy atom. The summed E-state index contributed by atoms with van der Waals surface area (Å²) in [5.41, 5.74) is 6.95. The van der Waals surface area contributed by atoms with E-state index in [1.165, 1.54) is 12.8 Å². The van der Waals surface area contributed by atoms with Gasteiger partial charge in [-0.3, -0.25) is 0 Å². The lowest BCUT2D eigenvalue weighted by molar-refractivity contribution is 0.355. The van der Waals surface area contributed by atoms with Gasteiger partial charge in [0.15, 0.2) is 11.5 Å². The molecule has 1 fully saturated rings. The van der Waals surface area contributed by atoms with Crippen LogP contribution >= 0.6 is 0 Å². The van der Waals surface area contributed by atoms with Crippen LogP contribution in [-0.2, 0) is 5.54 Å². The summed E-state index contributed by atoms with van der Waals surface area (Å²) in [5, 5.41) is 12.7. The highest BCUT2D eigenvalue weighted by atomic mass is 15.4. The minimum absolute atomic E-state index is 0.357. The van der Waals surface area contributed by atoms with Crippen LogP contribution in [0.15, 0.2) is 18.3 Å². The van der Waals surface area contributed by atoms with Gasteiger partial charge in [0.2, 0.25) is 0 Å². The Bertz CT molecular complexity index is 510. The van der Waals surface area contributed by atoms with E-state index in [1.807, 2.05) is 12.1 Å². The summed E-state index contributed by atoms with van der Waals surface area (Å²) in [6.07, 6.45) is 8.57. The highest BCUT2D eigenvalue weighted by Gasteiger charge is 2.33. The fourth-order valence-electron chi connectivity index (χ4n) is 2.64. The first kappa shape index (κ1) is 10.7. The molecule has 5 nitrogen and oxygen atoms in total. The van der Waals surface area contributed by atoms with Gasteiger partial charge < -0.3 is 5.73 Å². The quantitative estimate of drug-likeness (QED) is 0.757. The van der Waals surface area contributed by atoms with Crippen LogP contribution in [0.2, 0.25) is 0 Å². The van der Waals surface area contributed by atoms with Gasteiger partial charge in [0.25, 0.3) is 0 Å². The summed E-state index contributed by atoms with van der Waals surface area (Å²) in [4.78, 5) is 0. The van der Waals surface area contributed by atoms with Crippen molar-refractivity contribution in [1.82, 2.24) is 19.8 Å². The lowest BCUT2D eigenvalue weighted by Gasteiger charge is -2.25. The van der Waals surface area contributed by atoms with Gasteiger partial charge in [-0.05, 0) is 25.0 Å². The van der Waals surface area contributed by atoms with Crippen molar-refractivity contribution in [3.63, 3.8) is 0 Å². The summed E-state index contributed by atoms with van der Waals surface area (Å²) >= 11 is 0. The van der Waals surface area contributed by atoms with E-state index in [-0.39, 0.29) is 5.54 Å². The minimum Gasteiger partial charge on any atom is -0.319 e. The minimum atomic E-state index is -0.357. The van der Waals surface area contributed by atoms with Crippen molar-refractivity contribution in [2.45, 2.75) is 44.1 Å². The molecule has 0 unspecified atom stereocenters. The second-order valence-electron chi connectivity index (χ2n) is 4.89. The van der Waals surface area contributed by atoms with Crippen molar-refractivity contribution >= 4 is 5.65 Å². The van der Waals surface area contributed by atoms with E-state index in [1.54, 1.807) is 10.7 Å². The Kier molecular flexibility index (Phi) is 2.55. The second-order valence-corrected chi connectivity index (χ2v) is 4.89. The Morgan fingerprint density at radius 2 is 1.88 bits per heavy atom. The first-order valence-electron chi connectivity index (χ1n) is 6.25. The van der Waals surface area contributed by atoms with Crippen LogP contribution < -0.4 is 5.73 Å². The average molecular weight is 231 g/mol. The molecule has 0 radical (unpaired) electrons. The van der Waals surface area contributed by atoms with E-state index in [0.717, 1.165) is 37.2 Å². The molecule has 1 aliphatic carbocycles. The van der Waals surface area contributed by atoms with E-state index in [0.29, 0.717) is 0 Å². The largest absolute Gasteiger partial charge is 0.319 e. The van der Waals surface area contributed by atoms with Crippen LogP contribution in [0, 0.1) is 0 Å². The molecule has 0 aliphatic heterocycles. The Morgan fingerprint density at radius 1 is 1.12 bits per heavy atom. The highest BCUT2D eigenvalue weighted by Crippen LogP contribution is 2.32. The monoisotopic (exact) mass is 231 g/mol. The van der Waals surface area contributed by atoms with Crippen molar-refractivity contribution in [2.24, 2.45) is 5.73 Å². The van der Waals surface area contributed by atoms with Gasteiger partial charge in [0.1, 0.15) is 0 Å². The highest BCUT2D eigenvalue weighted by molar-refractivity contribution is 5.36. The molecular formula is C12H17N5. The van der Waals surface area contributed by atoms with Gasteiger partial charge in [-0.25, -0.2) is 0 Å². The molecule has 2 heterocycles. The third-order valence-electron chi connectivity index (χ3n) is 3.62. The first-order chi connectivity index (χ1) is 8.30. The predicted molar refractivity (Wildman–Crippen MR) is 64.3 cm³/mol. The van der Waals surface area contributed by atoms with E-state index >= 15 is 0 Å². The molecule has 17 heavy (non-hydrogen) atoms. The number of hydrogen-bond acceptors (Lipinski definition) is 4. The molecule has 2 N–H and O–H groups in total. The fourth-order valence-corrected chi connectivity index (χ4v) is 2.64. The molecule has 0 saturated heterocycles. The lowest BCUT2D eigenvalue weighted by Crippen LogP contribution is -2.38. The van der Waals surface area contributed by atoms with Crippen molar-refractivity contribution in [1.29, 1.82) is 0 Å². The molecular weight excluding hydrogens is 214 g/mol. The number of fused-ring (bicyclic) bond motifs is 1. The van der Waals surface area contributed by atoms with Crippen molar-refractivity contribution in [3.8, 4) is 0 Å². The average Bonchev–Trinajstić information content (AvgIpc) is 2.67. The number of nitrogens with zero attached hydrogens (tertiary/aromatic N) is 4. The topological polar surface area (TPSA) is 69.1 Å². The zero-order valence-electron chi connectivity index (χ0n) is 9.84. The van der Waals surface area contributed by atoms with E-state index in [2.05, 4.69) is 15.3 Å².